The number of hydrogen-bond donors (Lipinski definition) is 0. The Morgan fingerprint density at radius 1 is 0.780 bits per heavy atom. The number of halogens is 10. The molecule has 0 bridgehead atoms. The quantitative estimate of drug-likeness (QED) is 0.120. The SMILES string of the molecule is C=CCCc1ccc(-c2cc(F)c(C(F)(F)Oc3ccc4c(F)c(C#CC(F)(F)F)c(F)cc4c3)c(F)c2)c(F)c1. The van der Waals surface area contributed by atoms with Gasteiger partial charge in [-0.05, 0) is 71.8 Å². The maximum absolute atomic E-state index is 14.9. The molecule has 0 atom stereocenters. The molecule has 11 heteroatoms. The van der Waals surface area contributed by atoms with Crippen molar-refractivity contribution >= 4 is 10.8 Å². The van der Waals surface area contributed by atoms with Crippen molar-refractivity contribution in [3.8, 4) is 28.7 Å². The number of fused-ring (bicyclic) bond motifs is 1. The molecular weight excluding hydrogens is 566 g/mol. The zero-order chi connectivity index (χ0) is 30.1. The summed E-state index contributed by atoms with van der Waals surface area (Å²) in [5.74, 6) is -6.04. The van der Waals surface area contributed by atoms with Crippen molar-refractivity contribution in [1.29, 1.82) is 0 Å². The van der Waals surface area contributed by atoms with Crippen LogP contribution in [0.4, 0.5) is 43.9 Å². The Hall–Kier alpha value is -4.46. The predicted octanol–water partition coefficient (Wildman–Crippen LogP) is 9.36. The molecule has 0 unspecified atom stereocenters. The third kappa shape index (κ3) is 6.48. The van der Waals surface area contributed by atoms with E-state index in [9.17, 15) is 43.9 Å². The van der Waals surface area contributed by atoms with Gasteiger partial charge in [0.1, 0.15) is 40.4 Å². The molecule has 0 N–H and O–H groups in total. The van der Waals surface area contributed by atoms with E-state index in [-0.39, 0.29) is 11.1 Å². The molecule has 4 aromatic carbocycles. The summed E-state index contributed by atoms with van der Waals surface area (Å²) >= 11 is 0. The Morgan fingerprint density at radius 3 is 2.07 bits per heavy atom. The van der Waals surface area contributed by atoms with Crippen LogP contribution in [0.5, 0.6) is 5.75 Å². The third-order valence-corrected chi connectivity index (χ3v) is 5.89. The Bertz CT molecular complexity index is 1690. The molecule has 0 saturated carbocycles. The minimum atomic E-state index is -5.02. The summed E-state index contributed by atoms with van der Waals surface area (Å²) in [4.78, 5) is 0. The summed E-state index contributed by atoms with van der Waals surface area (Å²) in [5.41, 5.74) is -3.00. The highest BCUT2D eigenvalue weighted by molar-refractivity contribution is 5.86. The van der Waals surface area contributed by atoms with Gasteiger partial charge in [-0.3, -0.25) is 0 Å². The summed E-state index contributed by atoms with van der Waals surface area (Å²) < 4.78 is 144. The van der Waals surface area contributed by atoms with Crippen LogP contribution in [-0.4, -0.2) is 6.18 Å². The maximum Gasteiger partial charge on any atom is 0.458 e. The van der Waals surface area contributed by atoms with E-state index in [1.807, 2.05) is 0 Å². The Labute approximate surface area is 226 Å². The summed E-state index contributed by atoms with van der Waals surface area (Å²) in [6.07, 6.45) is -7.02. The first-order valence-electron chi connectivity index (χ1n) is 11.7. The lowest BCUT2D eigenvalue weighted by Crippen LogP contribution is -2.25. The van der Waals surface area contributed by atoms with Gasteiger partial charge in [0.15, 0.2) is 0 Å². The molecule has 0 heterocycles. The van der Waals surface area contributed by atoms with Gasteiger partial charge in [0, 0.05) is 16.9 Å². The van der Waals surface area contributed by atoms with Crippen molar-refractivity contribution in [3.05, 3.63) is 113 Å². The normalized spacial score (nSPS) is 11.8. The van der Waals surface area contributed by atoms with Crippen LogP contribution in [-0.2, 0) is 12.5 Å². The summed E-state index contributed by atoms with van der Waals surface area (Å²) in [5, 5.41) is -0.887. The van der Waals surface area contributed by atoms with Crippen molar-refractivity contribution in [2.45, 2.75) is 25.1 Å². The summed E-state index contributed by atoms with van der Waals surface area (Å²) in [6.45, 7) is 3.56. The van der Waals surface area contributed by atoms with Gasteiger partial charge in [0.25, 0.3) is 0 Å². The molecule has 0 aliphatic rings. The molecular formula is C30H16F10O. The van der Waals surface area contributed by atoms with Gasteiger partial charge in [-0.15, -0.1) is 6.58 Å². The minimum absolute atomic E-state index is 0.237. The van der Waals surface area contributed by atoms with E-state index >= 15 is 0 Å². The smallest absolute Gasteiger partial charge is 0.429 e. The molecule has 0 aliphatic heterocycles. The fraction of sp³-hybridized carbons (Fsp3) is 0.133. The first kappa shape index (κ1) is 29.5. The standard InChI is InChI=1S/C30H16F10O/c1-2-3-4-16-5-7-20(23(31)11-16)18-14-25(33)27(26(34)15-18)30(39,40)41-19-6-8-21-17(12-19)13-24(32)22(28(21)35)9-10-29(36,37)38/h2,5-8,11-15H,1,3-4H2. The lowest BCUT2D eigenvalue weighted by atomic mass is 9.99. The maximum atomic E-state index is 14.9. The monoisotopic (exact) mass is 582 g/mol. The Morgan fingerprint density at radius 2 is 1.46 bits per heavy atom. The second-order valence-electron chi connectivity index (χ2n) is 8.75. The van der Waals surface area contributed by atoms with Gasteiger partial charge in [0.05, 0.1) is 5.56 Å². The average Bonchev–Trinajstić information content (AvgIpc) is 2.85. The molecule has 41 heavy (non-hydrogen) atoms. The third-order valence-electron chi connectivity index (χ3n) is 5.89. The van der Waals surface area contributed by atoms with E-state index in [1.54, 1.807) is 6.08 Å². The zero-order valence-electron chi connectivity index (χ0n) is 20.6. The summed E-state index contributed by atoms with van der Waals surface area (Å²) in [6, 6.07) is 7.71. The lowest BCUT2D eigenvalue weighted by molar-refractivity contribution is -0.189. The van der Waals surface area contributed by atoms with Gasteiger partial charge in [-0.25, -0.2) is 22.0 Å². The molecule has 4 rings (SSSR count). The number of ether oxygens (including phenoxy) is 1. The molecule has 212 valence electrons. The predicted molar refractivity (Wildman–Crippen MR) is 132 cm³/mol. The average molecular weight is 582 g/mol. The van der Waals surface area contributed by atoms with Crippen LogP contribution in [0.1, 0.15) is 23.1 Å². The molecule has 0 saturated heterocycles. The van der Waals surface area contributed by atoms with Gasteiger partial charge in [-0.1, -0.05) is 24.1 Å². The molecule has 4 aromatic rings. The van der Waals surface area contributed by atoms with Crippen LogP contribution in [0.3, 0.4) is 0 Å². The van der Waals surface area contributed by atoms with Gasteiger partial charge < -0.3 is 4.74 Å². The largest absolute Gasteiger partial charge is 0.458 e. The van der Waals surface area contributed by atoms with E-state index < -0.39 is 69.0 Å². The van der Waals surface area contributed by atoms with Crippen molar-refractivity contribution in [1.82, 2.24) is 0 Å². The van der Waals surface area contributed by atoms with E-state index in [0.717, 1.165) is 24.1 Å². The molecule has 0 aromatic heterocycles. The highest BCUT2D eigenvalue weighted by atomic mass is 19.4. The van der Waals surface area contributed by atoms with Crippen LogP contribution in [0.2, 0.25) is 0 Å². The molecule has 1 nitrogen and oxygen atoms in total. The molecule has 0 fully saturated rings. The molecule has 0 amide bonds. The van der Waals surface area contributed by atoms with Crippen LogP contribution >= 0.6 is 0 Å². The van der Waals surface area contributed by atoms with E-state index in [4.69, 9.17) is 0 Å². The first-order chi connectivity index (χ1) is 19.2. The van der Waals surface area contributed by atoms with Crippen molar-refractivity contribution < 1.29 is 48.6 Å². The number of alkyl halides is 5. The van der Waals surface area contributed by atoms with E-state index in [2.05, 4.69) is 11.3 Å². The fourth-order valence-corrected chi connectivity index (χ4v) is 4.04. The fourth-order valence-electron chi connectivity index (χ4n) is 4.04. The van der Waals surface area contributed by atoms with Gasteiger partial charge in [0.2, 0.25) is 0 Å². The second-order valence-corrected chi connectivity index (χ2v) is 8.75. The Balaban J connectivity index is 1.65. The number of hydrogen-bond acceptors (Lipinski definition) is 1. The second kappa shape index (κ2) is 11.2. The molecule has 0 aliphatic carbocycles. The number of rotatable bonds is 7. The number of allylic oxidation sites excluding steroid dienone is 1. The highest BCUT2D eigenvalue weighted by Crippen LogP contribution is 2.38. The van der Waals surface area contributed by atoms with Crippen LogP contribution in [0.15, 0.2) is 67.3 Å². The molecule has 0 spiro atoms. The molecule has 0 radical (unpaired) electrons. The van der Waals surface area contributed by atoms with Crippen molar-refractivity contribution in [3.63, 3.8) is 0 Å². The topological polar surface area (TPSA) is 9.23 Å². The Kier molecular flexibility index (Phi) is 8.06. The van der Waals surface area contributed by atoms with E-state index in [1.165, 1.54) is 18.1 Å². The number of benzene rings is 4. The lowest BCUT2D eigenvalue weighted by Gasteiger charge is -2.20. The van der Waals surface area contributed by atoms with Gasteiger partial charge >= 0.3 is 12.3 Å². The van der Waals surface area contributed by atoms with Crippen LogP contribution in [0, 0.1) is 40.9 Å². The highest BCUT2D eigenvalue weighted by Gasteiger charge is 2.41. The zero-order valence-corrected chi connectivity index (χ0v) is 20.6. The van der Waals surface area contributed by atoms with E-state index in [0.29, 0.717) is 42.7 Å². The van der Waals surface area contributed by atoms with Crippen LogP contribution < -0.4 is 4.74 Å². The van der Waals surface area contributed by atoms with Crippen LogP contribution in [0.25, 0.3) is 21.9 Å². The van der Waals surface area contributed by atoms with Gasteiger partial charge in [-0.2, -0.15) is 22.0 Å². The van der Waals surface area contributed by atoms with Crippen molar-refractivity contribution in [2.24, 2.45) is 0 Å². The summed E-state index contributed by atoms with van der Waals surface area (Å²) in [7, 11) is 0. The minimum Gasteiger partial charge on any atom is -0.429 e. The van der Waals surface area contributed by atoms with Crippen molar-refractivity contribution in [2.75, 3.05) is 0 Å². The first-order valence-corrected chi connectivity index (χ1v) is 11.7. The number of aryl methyl sites for hydroxylation is 1.